The van der Waals surface area contributed by atoms with Gasteiger partial charge in [-0.3, -0.25) is 9.69 Å². The molecule has 1 amide bonds. The van der Waals surface area contributed by atoms with Crippen molar-refractivity contribution < 1.29 is 4.79 Å². The van der Waals surface area contributed by atoms with Crippen molar-refractivity contribution in [2.45, 2.75) is 25.8 Å². The molecule has 0 saturated carbocycles. The maximum absolute atomic E-state index is 11.3. The van der Waals surface area contributed by atoms with Crippen LogP contribution in [0.4, 0.5) is 0 Å². The van der Waals surface area contributed by atoms with Crippen molar-refractivity contribution in [3.8, 4) is 0 Å². The Morgan fingerprint density at radius 3 is 3.08 bits per heavy atom. The van der Waals surface area contributed by atoms with E-state index in [1.807, 2.05) is 0 Å². The zero-order valence-corrected chi connectivity index (χ0v) is 7.62. The highest BCUT2D eigenvalue weighted by atomic mass is 16.2. The van der Waals surface area contributed by atoms with Gasteiger partial charge in [-0.1, -0.05) is 6.92 Å². The lowest BCUT2D eigenvalue weighted by molar-refractivity contribution is -0.130. The molecule has 2 saturated heterocycles. The van der Waals surface area contributed by atoms with Crippen LogP contribution in [0.25, 0.3) is 0 Å². The van der Waals surface area contributed by atoms with Crippen LogP contribution in [-0.2, 0) is 4.79 Å². The van der Waals surface area contributed by atoms with Gasteiger partial charge >= 0.3 is 0 Å². The molecule has 0 unspecified atom stereocenters. The van der Waals surface area contributed by atoms with Crippen LogP contribution in [0.15, 0.2) is 0 Å². The third-order valence-electron chi connectivity index (χ3n) is 3.03. The molecule has 0 aliphatic carbocycles. The van der Waals surface area contributed by atoms with Crippen molar-refractivity contribution in [3.05, 3.63) is 0 Å². The molecular weight excluding hydrogens is 152 g/mol. The molecule has 0 bridgehead atoms. The van der Waals surface area contributed by atoms with Crippen LogP contribution < -0.4 is 0 Å². The maximum atomic E-state index is 11.3. The summed E-state index contributed by atoms with van der Waals surface area (Å²) in [7, 11) is 0. The normalized spacial score (nSPS) is 30.9. The molecule has 2 heterocycles. The topological polar surface area (TPSA) is 23.6 Å². The lowest BCUT2D eigenvalue weighted by atomic mass is 10.1. The summed E-state index contributed by atoms with van der Waals surface area (Å²) < 4.78 is 0. The van der Waals surface area contributed by atoms with E-state index in [9.17, 15) is 4.79 Å². The average molecular weight is 168 g/mol. The molecule has 0 spiro atoms. The fourth-order valence-electron chi connectivity index (χ4n) is 2.22. The van der Waals surface area contributed by atoms with Gasteiger partial charge in [0.1, 0.15) is 0 Å². The number of carbonyl (C=O) groups excluding carboxylic acids is 1. The van der Waals surface area contributed by atoms with E-state index in [1.165, 1.54) is 0 Å². The number of hydrogen-bond acceptors (Lipinski definition) is 2. The molecule has 0 aromatic carbocycles. The first-order valence-electron chi connectivity index (χ1n) is 4.83. The molecule has 0 aromatic rings. The largest absolute Gasteiger partial charge is 0.337 e. The number of hydrogen-bond donors (Lipinski definition) is 0. The molecule has 2 fully saturated rings. The lowest BCUT2D eigenvalue weighted by Gasteiger charge is -2.36. The zero-order valence-electron chi connectivity index (χ0n) is 7.62. The minimum absolute atomic E-state index is 0.371. The molecule has 3 nitrogen and oxygen atoms in total. The van der Waals surface area contributed by atoms with Gasteiger partial charge in [0.05, 0.1) is 0 Å². The summed E-state index contributed by atoms with van der Waals surface area (Å²) in [5.74, 6) is 0.371. The first-order chi connectivity index (χ1) is 5.81. The van der Waals surface area contributed by atoms with Crippen molar-refractivity contribution in [2.24, 2.45) is 0 Å². The summed E-state index contributed by atoms with van der Waals surface area (Å²) in [5, 5.41) is 0. The Kier molecular flexibility index (Phi) is 2.05. The summed E-state index contributed by atoms with van der Waals surface area (Å²) in [4.78, 5) is 15.8. The second kappa shape index (κ2) is 3.05. The Morgan fingerprint density at radius 1 is 1.50 bits per heavy atom. The van der Waals surface area contributed by atoms with E-state index in [-0.39, 0.29) is 0 Å². The van der Waals surface area contributed by atoms with Crippen LogP contribution in [0.2, 0.25) is 0 Å². The van der Waals surface area contributed by atoms with Crippen molar-refractivity contribution in [1.29, 1.82) is 0 Å². The molecule has 0 N–H and O–H groups in total. The van der Waals surface area contributed by atoms with Crippen molar-refractivity contribution >= 4 is 5.91 Å². The van der Waals surface area contributed by atoms with Gasteiger partial charge in [0, 0.05) is 32.1 Å². The number of rotatable bonds is 1. The first kappa shape index (κ1) is 8.05. The highest BCUT2D eigenvalue weighted by molar-refractivity contribution is 5.78. The summed E-state index contributed by atoms with van der Waals surface area (Å²) >= 11 is 0. The molecule has 1 atom stereocenters. The van der Waals surface area contributed by atoms with Gasteiger partial charge in [0.15, 0.2) is 0 Å². The molecular formula is C9H16N2O. The second-order valence-corrected chi connectivity index (χ2v) is 3.67. The van der Waals surface area contributed by atoms with Crippen LogP contribution in [0, 0.1) is 0 Å². The molecule has 2 rings (SSSR count). The summed E-state index contributed by atoms with van der Waals surface area (Å²) in [5.41, 5.74) is 0. The summed E-state index contributed by atoms with van der Waals surface area (Å²) in [6.07, 6.45) is 1.86. The molecule has 12 heavy (non-hydrogen) atoms. The molecule has 0 aromatic heterocycles. The van der Waals surface area contributed by atoms with Gasteiger partial charge in [0.25, 0.3) is 0 Å². The Bertz CT molecular complexity index is 193. The molecule has 0 radical (unpaired) electrons. The maximum Gasteiger partial charge on any atom is 0.222 e. The fraction of sp³-hybridized carbons (Fsp3) is 0.889. The van der Waals surface area contributed by atoms with Crippen LogP contribution >= 0.6 is 0 Å². The Labute approximate surface area is 73.3 Å². The second-order valence-electron chi connectivity index (χ2n) is 3.67. The Hall–Kier alpha value is -0.570. The van der Waals surface area contributed by atoms with Crippen molar-refractivity contribution in [3.63, 3.8) is 0 Å². The van der Waals surface area contributed by atoms with Gasteiger partial charge in [-0.2, -0.15) is 0 Å². The van der Waals surface area contributed by atoms with E-state index < -0.39 is 0 Å². The van der Waals surface area contributed by atoms with Crippen molar-refractivity contribution in [2.75, 3.05) is 26.2 Å². The fourth-order valence-corrected chi connectivity index (χ4v) is 2.22. The Morgan fingerprint density at radius 2 is 2.33 bits per heavy atom. The van der Waals surface area contributed by atoms with Gasteiger partial charge < -0.3 is 4.90 Å². The van der Waals surface area contributed by atoms with E-state index in [0.29, 0.717) is 11.9 Å². The minimum atomic E-state index is 0.371. The van der Waals surface area contributed by atoms with Crippen molar-refractivity contribution in [1.82, 2.24) is 9.80 Å². The highest BCUT2D eigenvalue weighted by Crippen LogP contribution is 2.22. The SMILES string of the molecule is CCN1CCN2C(=O)CC[C@H]2C1. The van der Waals surface area contributed by atoms with Crippen LogP contribution in [-0.4, -0.2) is 47.9 Å². The minimum Gasteiger partial charge on any atom is -0.337 e. The number of amides is 1. The third-order valence-corrected chi connectivity index (χ3v) is 3.03. The smallest absolute Gasteiger partial charge is 0.222 e. The number of likely N-dealkylation sites (N-methyl/N-ethyl adjacent to an activating group) is 1. The summed E-state index contributed by atoms with van der Waals surface area (Å²) in [6, 6.07) is 0.534. The van der Waals surface area contributed by atoms with E-state index in [4.69, 9.17) is 0 Å². The molecule has 2 aliphatic heterocycles. The number of carbonyl (C=O) groups is 1. The van der Waals surface area contributed by atoms with Crippen LogP contribution in [0.5, 0.6) is 0 Å². The van der Waals surface area contributed by atoms with E-state index in [1.54, 1.807) is 0 Å². The molecule has 2 aliphatic rings. The van der Waals surface area contributed by atoms with E-state index >= 15 is 0 Å². The summed E-state index contributed by atoms with van der Waals surface area (Å²) in [6.45, 7) is 6.43. The zero-order chi connectivity index (χ0) is 8.55. The van der Waals surface area contributed by atoms with Gasteiger partial charge in [0.2, 0.25) is 5.91 Å². The third kappa shape index (κ3) is 1.22. The van der Waals surface area contributed by atoms with Gasteiger partial charge in [-0.15, -0.1) is 0 Å². The quantitative estimate of drug-likeness (QED) is 0.562. The van der Waals surface area contributed by atoms with Crippen LogP contribution in [0.1, 0.15) is 19.8 Å². The predicted octanol–water partition coefficient (Wildman–Crippen LogP) is 0.313. The van der Waals surface area contributed by atoms with E-state index in [0.717, 1.165) is 39.0 Å². The van der Waals surface area contributed by atoms with Gasteiger partial charge in [-0.05, 0) is 13.0 Å². The number of piperazine rings is 1. The molecule has 68 valence electrons. The predicted molar refractivity (Wildman–Crippen MR) is 46.8 cm³/mol. The standard InChI is InChI=1S/C9H16N2O/c1-2-10-5-6-11-8(7-10)3-4-9(11)12/h8H,2-7H2,1H3/t8-/m0/s1. The number of nitrogens with zero attached hydrogens (tertiary/aromatic N) is 2. The van der Waals surface area contributed by atoms with Gasteiger partial charge in [-0.25, -0.2) is 0 Å². The highest BCUT2D eigenvalue weighted by Gasteiger charge is 2.34. The monoisotopic (exact) mass is 168 g/mol. The molecule has 3 heteroatoms. The van der Waals surface area contributed by atoms with E-state index in [2.05, 4.69) is 16.7 Å². The van der Waals surface area contributed by atoms with Crippen LogP contribution in [0.3, 0.4) is 0 Å². The first-order valence-corrected chi connectivity index (χ1v) is 4.83. The lowest BCUT2D eigenvalue weighted by Crippen LogP contribution is -2.51. The average Bonchev–Trinajstić information content (AvgIpc) is 2.47. The number of fused-ring (bicyclic) bond motifs is 1. The Balaban J connectivity index is 1.99.